The van der Waals surface area contributed by atoms with E-state index in [0.29, 0.717) is 5.92 Å². The summed E-state index contributed by atoms with van der Waals surface area (Å²) in [5.41, 5.74) is 11.0. The summed E-state index contributed by atoms with van der Waals surface area (Å²) in [5.74, 6) is 2.04. The van der Waals surface area contributed by atoms with Crippen molar-refractivity contribution < 1.29 is 0 Å². The molecule has 3 unspecified atom stereocenters. The molecule has 0 bridgehead atoms. The van der Waals surface area contributed by atoms with Gasteiger partial charge in [0, 0.05) is 40.6 Å². The summed E-state index contributed by atoms with van der Waals surface area (Å²) in [6.45, 7) is 20.8. The number of nitrogens with zero attached hydrogens (tertiary/aromatic N) is 3. The Morgan fingerprint density at radius 1 is 0.927 bits per heavy atom. The van der Waals surface area contributed by atoms with E-state index in [1.807, 2.05) is 0 Å². The van der Waals surface area contributed by atoms with Crippen molar-refractivity contribution >= 4 is 23.0 Å². The molecule has 2 heterocycles. The van der Waals surface area contributed by atoms with Crippen LogP contribution in [0, 0.1) is 5.41 Å². The molecule has 1 N–H and O–H groups in total. The van der Waals surface area contributed by atoms with Crippen LogP contribution in [0.1, 0.15) is 76.6 Å². The Hall–Kier alpha value is -3.92. The average Bonchev–Trinajstić information content (AvgIpc) is 3.44. The molecule has 3 atom stereocenters. The summed E-state index contributed by atoms with van der Waals surface area (Å²) in [7, 11) is 0. The van der Waals surface area contributed by atoms with Gasteiger partial charge in [-0.05, 0) is 77.3 Å². The zero-order valence-electron chi connectivity index (χ0n) is 25.5. The molecule has 0 radical (unpaired) electrons. The van der Waals surface area contributed by atoms with Gasteiger partial charge in [0.05, 0.1) is 0 Å². The summed E-state index contributed by atoms with van der Waals surface area (Å²) in [6, 6.07) is 22.6. The van der Waals surface area contributed by atoms with E-state index in [1.54, 1.807) is 12.4 Å². The highest BCUT2D eigenvalue weighted by atomic mass is 15.3. The van der Waals surface area contributed by atoms with Gasteiger partial charge in [0.1, 0.15) is 0 Å². The van der Waals surface area contributed by atoms with E-state index in [4.69, 9.17) is 16.5 Å². The molecular formula is C37H42N4. The average molecular weight is 543 g/mol. The first kappa shape index (κ1) is 27.3. The molecule has 4 heteroatoms. The van der Waals surface area contributed by atoms with Crippen molar-refractivity contribution in [3.05, 3.63) is 107 Å². The van der Waals surface area contributed by atoms with Gasteiger partial charge >= 0.3 is 0 Å². The van der Waals surface area contributed by atoms with Gasteiger partial charge < -0.3 is 10.2 Å². The zero-order valence-corrected chi connectivity index (χ0v) is 25.5. The predicted octanol–water partition coefficient (Wildman–Crippen LogP) is 9.51. The molecule has 1 aromatic heterocycles. The van der Waals surface area contributed by atoms with Crippen LogP contribution < -0.4 is 10.2 Å². The van der Waals surface area contributed by atoms with E-state index in [2.05, 4.69) is 119 Å². The minimum absolute atomic E-state index is 0.0992. The maximum absolute atomic E-state index is 4.94. The van der Waals surface area contributed by atoms with E-state index in [1.165, 1.54) is 39.0 Å². The molecule has 3 aromatic carbocycles. The second-order valence-corrected chi connectivity index (χ2v) is 12.4. The Labute approximate surface area is 245 Å². The minimum atomic E-state index is -0.210. The quantitative estimate of drug-likeness (QED) is 0.255. The number of rotatable bonds is 5. The lowest BCUT2D eigenvalue weighted by Crippen LogP contribution is -2.39. The number of hydrogen-bond acceptors (Lipinski definition) is 4. The molecule has 4 aromatic rings. The summed E-state index contributed by atoms with van der Waals surface area (Å²) in [6.07, 6.45) is 5.55. The maximum atomic E-state index is 4.94. The van der Waals surface area contributed by atoms with Crippen molar-refractivity contribution in [2.75, 3.05) is 10.2 Å². The fraction of sp³-hybridized carbons (Fsp3) is 0.351. The van der Waals surface area contributed by atoms with E-state index in [0.717, 1.165) is 35.9 Å². The molecule has 210 valence electrons. The third-order valence-electron chi connectivity index (χ3n) is 10.2. The van der Waals surface area contributed by atoms with Crippen molar-refractivity contribution in [1.82, 2.24) is 9.97 Å². The Kier molecular flexibility index (Phi) is 6.56. The molecule has 4 nitrogen and oxygen atoms in total. The number of benzene rings is 3. The Morgan fingerprint density at radius 2 is 1.63 bits per heavy atom. The molecule has 41 heavy (non-hydrogen) atoms. The molecule has 2 aliphatic rings. The van der Waals surface area contributed by atoms with E-state index >= 15 is 0 Å². The Balaban J connectivity index is 1.61. The van der Waals surface area contributed by atoms with E-state index < -0.39 is 0 Å². The smallest absolute Gasteiger partial charge is 0.176 e. The van der Waals surface area contributed by atoms with Crippen molar-refractivity contribution in [3.8, 4) is 11.1 Å². The van der Waals surface area contributed by atoms with Gasteiger partial charge in [-0.3, -0.25) is 0 Å². The standard InChI is InChI=1S/C37H42N4/c1-9-26-15-17-28(18-16-26)41-25(6)36(7)24(5)37(36,8)32-21-27(10-2)31(30-14-12-11-13-29(30)23(3)4)22-33(32)40-34-35(41)39-20-19-38-34/h11-23,25H,5,9-10H2,1-4,6-8H3,(H,38,40). The molecule has 1 aliphatic carbocycles. The monoisotopic (exact) mass is 542 g/mol. The van der Waals surface area contributed by atoms with Crippen LogP contribution >= 0.6 is 0 Å². The van der Waals surface area contributed by atoms with Crippen LogP contribution in [0.15, 0.2) is 85.2 Å². The third kappa shape index (κ3) is 3.94. The highest BCUT2D eigenvalue weighted by Gasteiger charge is 2.70. The normalized spacial score (nSPS) is 23.1. The van der Waals surface area contributed by atoms with Crippen LogP contribution in [0.5, 0.6) is 0 Å². The highest BCUT2D eigenvalue weighted by Crippen LogP contribution is 2.73. The molecule has 1 saturated carbocycles. The summed E-state index contributed by atoms with van der Waals surface area (Å²) < 4.78 is 0. The van der Waals surface area contributed by atoms with Gasteiger partial charge in [0.2, 0.25) is 0 Å². The van der Waals surface area contributed by atoms with Crippen molar-refractivity contribution in [2.24, 2.45) is 5.41 Å². The first-order valence-electron chi connectivity index (χ1n) is 15.1. The summed E-state index contributed by atoms with van der Waals surface area (Å²) >= 11 is 0. The lowest BCUT2D eigenvalue weighted by molar-refractivity contribution is 0.401. The number of fused-ring (bicyclic) bond motifs is 4. The van der Waals surface area contributed by atoms with Gasteiger partial charge in [-0.2, -0.15) is 0 Å². The first-order valence-corrected chi connectivity index (χ1v) is 15.1. The summed E-state index contributed by atoms with van der Waals surface area (Å²) in [4.78, 5) is 12.2. The third-order valence-corrected chi connectivity index (χ3v) is 10.2. The maximum Gasteiger partial charge on any atom is 0.176 e. The number of aryl methyl sites for hydroxylation is 2. The van der Waals surface area contributed by atoms with Gasteiger partial charge in [0.25, 0.3) is 0 Å². The van der Waals surface area contributed by atoms with Gasteiger partial charge in [-0.15, -0.1) is 0 Å². The lowest BCUT2D eigenvalue weighted by Gasteiger charge is -2.36. The van der Waals surface area contributed by atoms with Crippen LogP contribution in [0.3, 0.4) is 0 Å². The highest BCUT2D eigenvalue weighted by molar-refractivity contribution is 5.85. The summed E-state index contributed by atoms with van der Waals surface area (Å²) in [5, 5.41) is 3.80. The minimum Gasteiger partial charge on any atom is -0.337 e. The van der Waals surface area contributed by atoms with Crippen LogP contribution in [-0.4, -0.2) is 16.0 Å². The van der Waals surface area contributed by atoms with Crippen LogP contribution in [0.25, 0.3) is 11.1 Å². The van der Waals surface area contributed by atoms with Crippen molar-refractivity contribution in [1.29, 1.82) is 0 Å². The Bertz CT molecular complexity index is 1640. The molecule has 6 rings (SSSR count). The predicted molar refractivity (Wildman–Crippen MR) is 173 cm³/mol. The SMILES string of the molecule is C=C1C2(C)c3cc(CC)c(-c4ccccc4C(C)C)cc3Nc3nccnc3N(c3ccc(CC)cc3)C(C)C12C. The van der Waals surface area contributed by atoms with Gasteiger partial charge in [-0.1, -0.05) is 96.2 Å². The fourth-order valence-corrected chi connectivity index (χ4v) is 7.27. The van der Waals surface area contributed by atoms with E-state index in [9.17, 15) is 0 Å². The number of aromatic nitrogens is 2. The molecule has 0 amide bonds. The second kappa shape index (κ2) is 9.87. The molecule has 0 spiro atoms. The number of anilines is 4. The van der Waals surface area contributed by atoms with Crippen LogP contribution in [-0.2, 0) is 18.3 Å². The fourth-order valence-electron chi connectivity index (χ4n) is 7.27. The topological polar surface area (TPSA) is 41.1 Å². The Morgan fingerprint density at radius 3 is 2.32 bits per heavy atom. The van der Waals surface area contributed by atoms with Crippen LogP contribution in [0.4, 0.5) is 23.0 Å². The number of hydrogen-bond donors (Lipinski definition) is 1. The molecule has 1 aliphatic heterocycles. The van der Waals surface area contributed by atoms with Gasteiger partial charge in [-0.25, -0.2) is 9.97 Å². The zero-order chi connectivity index (χ0) is 29.1. The molecule has 0 saturated heterocycles. The number of nitrogens with one attached hydrogen (secondary N) is 1. The van der Waals surface area contributed by atoms with Crippen molar-refractivity contribution in [3.63, 3.8) is 0 Å². The van der Waals surface area contributed by atoms with E-state index in [-0.39, 0.29) is 16.9 Å². The van der Waals surface area contributed by atoms with Crippen molar-refractivity contribution in [2.45, 2.75) is 78.7 Å². The second-order valence-electron chi connectivity index (χ2n) is 12.4. The lowest BCUT2D eigenvalue weighted by atomic mass is 9.80. The van der Waals surface area contributed by atoms with Gasteiger partial charge in [0.15, 0.2) is 11.6 Å². The first-order chi connectivity index (χ1) is 19.7. The molecular weight excluding hydrogens is 500 g/mol. The molecule has 1 fully saturated rings. The largest absolute Gasteiger partial charge is 0.337 e. The van der Waals surface area contributed by atoms with Crippen LogP contribution in [0.2, 0.25) is 0 Å².